The first kappa shape index (κ1) is 24.8. The highest BCUT2D eigenvalue weighted by Crippen LogP contribution is 2.26. The fourth-order valence-electron chi connectivity index (χ4n) is 3.57. The van der Waals surface area contributed by atoms with E-state index in [0.29, 0.717) is 25.1 Å². The Morgan fingerprint density at radius 1 is 1.32 bits per heavy atom. The van der Waals surface area contributed by atoms with Crippen molar-refractivity contribution in [3.63, 3.8) is 0 Å². The predicted octanol–water partition coefficient (Wildman–Crippen LogP) is -1.68. The summed E-state index contributed by atoms with van der Waals surface area (Å²) in [7, 11) is -1.64. The van der Waals surface area contributed by atoms with E-state index in [9.17, 15) is 24.4 Å². The fourth-order valence-corrected chi connectivity index (χ4v) is 3.57. The minimum atomic E-state index is -1.64. The molecular weight excluding hydrogens is 403 g/mol. The Labute approximate surface area is 182 Å². The first-order chi connectivity index (χ1) is 14.4. The van der Waals surface area contributed by atoms with Crippen LogP contribution in [0.1, 0.15) is 46.2 Å². The summed E-state index contributed by atoms with van der Waals surface area (Å²) in [5.41, 5.74) is 5.96. The lowest BCUT2D eigenvalue weighted by molar-refractivity contribution is -0.140. The summed E-state index contributed by atoms with van der Waals surface area (Å²) in [5.74, 6) is -2.12. The average Bonchev–Trinajstić information content (AvgIpc) is 3.35. The van der Waals surface area contributed by atoms with E-state index in [1.807, 2.05) is 0 Å². The highest BCUT2D eigenvalue weighted by Gasteiger charge is 2.43. The number of carbonyl (C=O) groups excluding carboxylic acids is 3. The van der Waals surface area contributed by atoms with Crippen molar-refractivity contribution in [1.29, 1.82) is 0 Å². The molecule has 2 rings (SSSR count). The lowest BCUT2D eigenvalue weighted by Gasteiger charge is -2.36. The van der Waals surface area contributed by atoms with Gasteiger partial charge in [0, 0.05) is 24.9 Å². The summed E-state index contributed by atoms with van der Waals surface area (Å²) < 4.78 is 0. The second-order valence-corrected chi connectivity index (χ2v) is 9.08. The number of nitrogens with two attached hydrogens (primary N) is 1. The number of amides is 3. The van der Waals surface area contributed by atoms with E-state index in [0.717, 1.165) is 0 Å². The predicted molar refractivity (Wildman–Crippen MR) is 114 cm³/mol. The minimum absolute atomic E-state index is 0.239. The van der Waals surface area contributed by atoms with Crippen LogP contribution >= 0.6 is 0 Å². The fraction of sp³-hybridized carbons (Fsp3) is 0.684. The van der Waals surface area contributed by atoms with Crippen LogP contribution in [-0.2, 0) is 20.8 Å². The first-order valence-electron chi connectivity index (χ1n) is 10.4. The second-order valence-electron chi connectivity index (χ2n) is 9.08. The van der Waals surface area contributed by atoms with Crippen LogP contribution in [0.4, 0.5) is 0 Å². The van der Waals surface area contributed by atoms with Crippen molar-refractivity contribution in [3.8, 4) is 0 Å². The molecule has 1 saturated heterocycles. The maximum absolute atomic E-state index is 13.1. The van der Waals surface area contributed by atoms with Gasteiger partial charge >= 0.3 is 7.12 Å². The van der Waals surface area contributed by atoms with Crippen LogP contribution in [0.2, 0.25) is 0 Å². The van der Waals surface area contributed by atoms with Gasteiger partial charge in [0.1, 0.15) is 12.1 Å². The molecule has 0 aromatic carbocycles. The maximum Gasteiger partial charge on any atom is 0.475 e. The summed E-state index contributed by atoms with van der Waals surface area (Å²) in [4.78, 5) is 46.4. The van der Waals surface area contributed by atoms with Gasteiger partial charge in [0.15, 0.2) is 0 Å². The third-order valence-corrected chi connectivity index (χ3v) is 5.41. The Balaban J connectivity index is 2.01. The number of likely N-dealkylation sites (tertiary alicyclic amines) is 1. The van der Waals surface area contributed by atoms with Crippen LogP contribution in [0, 0.1) is 5.41 Å². The maximum atomic E-state index is 13.1. The third-order valence-electron chi connectivity index (χ3n) is 5.41. The molecule has 172 valence electrons. The molecule has 31 heavy (non-hydrogen) atoms. The topological polar surface area (TPSA) is 174 Å². The summed E-state index contributed by atoms with van der Waals surface area (Å²) in [6.07, 6.45) is 4.43. The van der Waals surface area contributed by atoms with E-state index >= 15 is 0 Å². The van der Waals surface area contributed by atoms with E-state index in [4.69, 9.17) is 5.73 Å². The number of aromatic amines is 1. The molecule has 2 heterocycles. The Bertz CT molecular complexity index is 766. The number of hydrogen-bond acceptors (Lipinski definition) is 7. The van der Waals surface area contributed by atoms with Crippen molar-refractivity contribution in [3.05, 3.63) is 18.2 Å². The van der Waals surface area contributed by atoms with Crippen LogP contribution < -0.4 is 16.4 Å². The van der Waals surface area contributed by atoms with Gasteiger partial charge in [-0.15, -0.1) is 0 Å². The number of aromatic nitrogens is 2. The molecule has 1 fully saturated rings. The monoisotopic (exact) mass is 436 g/mol. The highest BCUT2D eigenvalue weighted by atomic mass is 16.4. The summed E-state index contributed by atoms with van der Waals surface area (Å²) in [6.45, 7) is 7.31. The van der Waals surface area contributed by atoms with Gasteiger partial charge in [0.2, 0.25) is 17.7 Å². The number of imidazole rings is 1. The van der Waals surface area contributed by atoms with Crippen LogP contribution in [0.25, 0.3) is 0 Å². The standard InChI is InChI=1S/C19H33BN6O5/c1-11(24-17(28)13(21)8-12-9-22-10-23-12)16(27)25-15(19(2,3)4)18(29)26-7-5-6-14(26)20(30)31/h9-11,13-15,30-31H,5-8,21H2,1-4H3,(H,22,23)(H,24,28)(H,25,27). The second kappa shape index (κ2) is 10.2. The van der Waals surface area contributed by atoms with Gasteiger partial charge in [-0.05, 0) is 25.2 Å². The van der Waals surface area contributed by atoms with E-state index in [-0.39, 0.29) is 12.3 Å². The molecule has 0 radical (unpaired) electrons. The van der Waals surface area contributed by atoms with Gasteiger partial charge in [0.05, 0.1) is 18.3 Å². The summed E-state index contributed by atoms with van der Waals surface area (Å²) >= 11 is 0. The lowest BCUT2D eigenvalue weighted by atomic mass is 9.77. The van der Waals surface area contributed by atoms with E-state index in [1.165, 1.54) is 18.2 Å². The van der Waals surface area contributed by atoms with Gasteiger partial charge in [-0.1, -0.05) is 20.8 Å². The normalized spacial score (nSPS) is 19.5. The zero-order valence-electron chi connectivity index (χ0n) is 18.5. The van der Waals surface area contributed by atoms with Crippen LogP contribution in [0.15, 0.2) is 12.5 Å². The molecule has 0 bridgehead atoms. The number of nitrogens with one attached hydrogen (secondary N) is 3. The zero-order chi connectivity index (χ0) is 23.3. The molecule has 1 aromatic heterocycles. The Morgan fingerprint density at radius 3 is 2.55 bits per heavy atom. The molecule has 11 nitrogen and oxygen atoms in total. The third kappa shape index (κ3) is 6.52. The Hall–Kier alpha value is -2.44. The molecule has 0 saturated carbocycles. The van der Waals surface area contributed by atoms with Crippen molar-refractivity contribution >= 4 is 24.8 Å². The molecule has 3 amide bonds. The van der Waals surface area contributed by atoms with Gasteiger partial charge in [-0.25, -0.2) is 4.98 Å². The van der Waals surface area contributed by atoms with Crippen LogP contribution in [-0.4, -0.2) is 80.4 Å². The molecule has 0 spiro atoms. The lowest BCUT2D eigenvalue weighted by Crippen LogP contribution is -2.60. The first-order valence-corrected chi connectivity index (χ1v) is 10.4. The molecule has 4 atom stereocenters. The number of H-pyrrole nitrogens is 1. The van der Waals surface area contributed by atoms with Gasteiger partial charge in [-0.2, -0.15) is 0 Å². The van der Waals surface area contributed by atoms with Gasteiger partial charge in [-0.3, -0.25) is 14.4 Å². The minimum Gasteiger partial charge on any atom is -0.426 e. The quantitative estimate of drug-likeness (QED) is 0.264. The van der Waals surface area contributed by atoms with Gasteiger partial charge < -0.3 is 36.3 Å². The summed E-state index contributed by atoms with van der Waals surface area (Å²) in [6, 6.07) is -2.69. The van der Waals surface area contributed by atoms with Crippen LogP contribution in [0.5, 0.6) is 0 Å². The molecule has 0 aliphatic carbocycles. The van der Waals surface area contributed by atoms with Crippen LogP contribution in [0.3, 0.4) is 0 Å². The molecule has 4 unspecified atom stereocenters. The zero-order valence-corrected chi connectivity index (χ0v) is 18.5. The Kier molecular flexibility index (Phi) is 8.21. The molecule has 12 heteroatoms. The molecule has 7 N–H and O–H groups in total. The van der Waals surface area contributed by atoms with E-state index < -0.39 is 48.4 Å². The van der Waals surface area contributed by atoms with Crippen molar-refractivity contribution in [2.24, 2.45) is 11.1 Å². The highest BCUT2D eigenvalue weighted by molar-refractivity contribution is 6.43. The van der Waals surface area contributed by atoms with E-state index in [2.05, 4.69) is 20.6 Å². The van der Waals surface area contributed by atoms with Crippen molar-refractivity contribution < 1.29 is 24.4 Å². The Morgan fingerprint density at radius 2 is 2.00 bits per heavy atom. The number of carbonyl (C=O) groups is 3. The molecule has 1 aromatic rings. The SMILES string of the molecule is CC(NC(=O)C(N)Cc1cnc[nH]1)C(=O)NC(C(=O)N1CCCC1B(O)O)C(C)(C)C. The number of rotatable bonds is 8. The van der Waals surface area contributed by atoms with Crippen molar-refractivity contribution in [1.82, 2.24) is 25.5 Å². The van der Waals surface area contributed by atoms with Gasteiger partial charge in [0.25, 0.3) is 0 Å². The average molecular weight is 436 g/mol. The smallest absolute Gasteiger partial charge is 0.426 e. The number of nitrogens with zero attached hydrogens (tertiary/aromatic N) is 2. The summed E-state index contributed by atoms with van der Waals surface area (Å²) in [5, 5.41) is 24.4. The molecule has 1 aliphatic rings. The number of hydrogen-bond donors (Lipinski definition) is 6. The van der Waals surface area contributed by atoms with Crippen molar-refractivity contribution in [2.45, 2.75) is 71.0 Å². The molecular formula is C19H33BN6O5. The largest absolute Gasteiger partial charge is 0.475 e. The molecule has 1 aliphatic heterocycles. The van der Waals surface area contributed by atoms with E-state index in [1.54, 1.807) is 27.0 Å². The van der Waals surface area contributed by atoms with Crippen molar-refractivity contribution in [2.75, 3.05) is 6.54 Å².